The quantitative estimate of drug-likeness (QED) is 0.721. The highest BCUT2D eigenvalue weighted by Crippen LogP contribution is 2.27. The molecule has 25 heavy (non-hydrogen) atoms. The first-order chi connectivity index (χ1) is 11.8. The third-order valence-corrected chi connectivity index (χ3v) is 4.92. The molecule has 0 saturated heterocycles. The van der Waals surface area contributed by atoms with Crippen LogP contribution < -0.4 is 9.50 Å². The number of nitrogens with one attached hydrogen (secondary N) is 1. The molecule has 3 aromatic rings. The topological polar surface area (TPSA) is 72.5 Å². The smallest absolute Gasteiger partial charge is 0.339 e. The summed E-state index contributed by atoms with van der Waals surface area (Å²) < 4.78 is 30.2. The molecule has 0 spiro atoms. The summed E-state index contributed by atoms with van der Waals surface area (Å²) in [5.41, 5.74) is 1.65. The van der Waals surface area contributed by atoms with E-state index < -0.39 is 10.1 Å². The van der Waals surface area contributed by atoms with E-state index in [0.717, 1.165) is 10.9 Å². The number of fused-ring (bicyclic) bond motifs is 1. The summed E-state index contributed by atoms with van der Waals surface area (Å²) in [5.74, 6) is 0.0737. The number of aryl methyl sites for hydroxylation is 1. The molecule has 0 aliphatic heterocycles. The molecule has 5 nitrogen and oxygen atoms in total. The lowest BCUT2D eigenvalue weighted by Gasteiger charge is -2.10. The van der Waals surface area contributed by atoms with Crippen LogP contribution in [0, 0.1) is 6.92 Å². The summed E-state index contributed by atoms with van der Waals surface area (Å²) in [6.07, 6.45) is 0. The molecule has 3 aromatic carbocycles. The van der Waals surface area contributed by atoms with Gasteiger partial charge in [0.2, 0.25) is 5.91 Å². The van der Waals surface area contributed by atoms with Gasteiger partial charge in [0.25, 0.3) is 0 Å². The van der Waals surface area contributed by atoms with E-state index >= 15 is 0 Å². The Bertz CT molecular complexity index is 1040. The molecule has 0 saturated carbocycles. The van der Waals surface area contributed by atoms with E-state index in [0.29, 0.717) is 11.1 Å². The van der Waals surface area contributed by atoms with Crippen molar-refractivity contribution in [3.8, 4) is 5.75 Å². The lowest BCUT2D eigenvalue weighted by Crippen LogP contribution is -2.10. The van der Waals surface area contributed by atoms with Gasteiger partial charge >= 0.3 is 10.1 Å². The Balaban J connectivity index is 1.98. The molecule has 6 heteroatoms. The minimum Gasteiger partial charge on any atom is -0.379 e. The van der Waals surface area contributed by atoms with Crippen molar-refractivity contribution in [2.45, 2.75) is 18.7 Å². The van der Waals surface area contributed by atoms with Gasteiger partial charge in [-0.25, -0.2) is 0 Å². The molecule has 0 aliphatic carbocycles. The SMILES string of the molecule is CC(=O)Nc1cccc2cc(S(=O)(=O)Oc3ccc(C)cc3)ccc12. The van der Waals surface area contributed by atoms with E-state index in [1.54, 1.807) is 48.5 Å². The van der Waals surface area contributed by atoms with E-state index in [1.807, 2.05) is 6.92 Å². The lowest BCUT2D eigenvalue weighted by atomic mass is 10.1. The van der Waals surface area contributed by atoms with Crippen molar-refractivity contribution in [2.24, 2.45) is 0 Å². The molecule has 1 amide bonds. The molecule has 1 N–H and O–H groups in total. The first-order valence-corrected chi connectivity index (χ1v) is 9.07. The number of hydrogen-bond donors (Lipinski definition) is 1. The van der Waals surface area contributed by atoms with Gasteiger partial charge in [-0.1, -0.05) is 35.9 Å². The molecule has 0 aliphatic rings. The average Bonchev–Trinajstić information content (AvgIpc) is 2.56. The first kappa shape index (κ1) is 17.0. The maximum atomic E-state index is 12.5. The molecule has 0 heterocycles. The number of carbonyl (C=O) groups is 1. The summed E-state index contributed by atoms with van der Waals surface area (Å²) in [4.78, 5) is 11.3. The maximum Gasteiger partial charge on any atom is 0.339 e. The third kappa shape index (κ3) is 3.80. The number of benzene rings is 3. The van der Waals surface area contributed by atoms with Crippen LogP contribution in [0.4, 0.5) is 5.69 Å². The van der Waals surface area contributed by atoms with Crippen LogP contribution in [0.1, 0.15) is 12.5 Å². The fraction of sp³-hybridized carbons (Fsp3) is 0.105. The van der Waals surface area contributed by atoms with E-state index in [4.69, 9.17) is 4.18 Å². The molecular formula is C19H17NO4S. The highest BCUT2D eigenvalue weighted by atomic mass is 32.2. The van der Waals surface area contributed by atoms with Gasteiger partial charge in [-0.05, 0) is 42.6 Å². The van der Waals surface area contributed by atoms with E-state index in [2.05, 4.69) is 5.32 Å². The van der Waals surface area contributed by atoms with Crippen molar-refractivity contribution >= 4 is 32.5 Å². The van der Waals surface area contributed by atoms with Crippen molar-refractivity contribution in [2.75, 3.05) is 5.32 Å². The van der Waals surface area contributed by atoms with Gasteiger partial charge in [0.05, 0.1) is 0 Å². The van der Waals surface area contributed by atoms with Crippen LogP contribution in [-0.2, 0) is 14.9 Å². The number of carbonyl (C=O) groups excluding carboxylic acids is 1. The molecule has 0 unspecified atom stereocenters. The van der Waals surface area contributed by atoms with Crippen LogP contribution in [0.25, 0.3) is 10.8 Å². The van der Waals surface area contributed by atoms with E-state index in [1.165, 1.54) is 19.1 Å². The van der Waals surface area contributed by atoms with Gasteiger partial charge < -0.3 is 9.50 Å². The standard InChI is InChI=1S/C19H17NO4S/c1-13-6-8-16(9-7-13)24-25(22,23)17-10-11-18-15(12-17)4-3-5-19(18)20-14(2)21/h3-12H,1-2H3,(H,20,21). The largest absolute Gasteiger partial charge is 0.379 e. The summed E-state index contributed by atoms with van der Waals surface area (Å²) in [5, 5.41) is 4.18. The minimum atomic E-state index is -3.94. The second-order valence-electron chi connectivity index (χ2n) is 5.72. The molecule has 0 fully saturated rings. The summed E-state index contributed by atoms with van der Waals surface area (Å²) in [6, 6.07) is 16.8. The Hall–Kier alpha value is -2.86. The Morgan fingerprint density at radius 2 is 1.72 bits per heavy atom. The number of anilines is 1. The molecule has 0 atom stereocenters. The maximum absolute atomic E-state index is 12.5. The van der Waals surface area contributed by atoms with Gasteiger partial charge in [0.1, 0.15) is 10.6 Å². The van der Waals surface area contributed by atoms with Crippen LogP contribution in [0.5, 0.6) is 5.75 Å². The van der Waals surface area contributed by atoms with Crippen molar-refractivity contribution in [3.63, 3.8) is 0 Å². The van der Waals surface area contributed by atoms with Crippen molar-refractivity contribution in [3.05, 3.63) is 66.2 Å². The number of hydrogen-bond acceptors (Lipinski definition) is 4. The normalized spacial score (nSPS) is 11.3. The summed E-state index contributed by atoms with van der Waals surface area (Å²) >= 11 is 0. The summed E-state index contributed by atoms with van der Waals surface area (Å²) in [7, 11) is -3.94. The highest BCUT2D eigenvalue weighted by molar-refractivity contribution is 7.87. The van der Waals surface area contributed by atoms with E-state index in [9.17, 15) is 13.2 Å². The van der Waals surface area contributed by atoms with Gasteiger partial charge in [0.15, 0.2) is 0 Å². The Morgan fingerprint density at radius 3 is 2.40 bits per heavy atom. The molecule has 0 bridgehead atoms. The molecular weight excluding hydrogens is 338 g/mol. The predicted molar refractivity (Wildman–Crippen MR) is 97.2 cm³/mol. The van der Waals surface area contributed by atoms with Gasteiger partial charge in [-0.3, -0.25) is 4.79 Å². The predicted octanol–water partition coefficient (Wildman–Crippen LogP) is 3.87. The summed E-state index contributed by atoms with van der Waals surface area (Å²) in [6.45, 7) is 3.33. The zero-order chi connectivity index (χ0) is 18.0. The second-order valence-corrected chi connectivity index (χ2v) is 7.27. The zero-order valence-electron chi connectivity index (χ0n) is 13.8. The van der Waals surface area contributed by atoms with Crippen molar-refractivity contribution < 1.29 is 17.4 Å². The van der Waals surface area contributed by atoms with Crippen LogP contribution in [0.15, 0.2) is 65.6 Å². The third-order valence-electron chi connectivity index (χ3n) is 3.68. The Labute approximate surface area is 146 Å². The van der Waals surface area contributed by atoms with Crippen LogP contribution in [0.2, 0.25) is 0 Å². The Kier molecular flexibility index (Phi) is 4.46. The lowest BCUT2D eigenvalue weighted by molar-refractivity contribution is -0.114. The van der Waals surface area contributed by atoms with E-state index in [-0.39, 0.29) is 16.6 Å². The number of rotatable bonds is 4. The highest BCUT2D eigenvalue weighted by Gasteiger charge is 2.17. The monoisotopic (exact) mass is 355 g/mol. The van der Waals surface area contributed by atoms with Crippen molar-refractivity contribution in [1.82, 2.24) is 0 Å². The number of amides is 1. The van der Waals surface area contributed by atoms with Gasteiger partial charge in [-0.15, -0.1) is 0 Å². The molecule has 0 aromatic heterocycles. The fourth-order valence-electron chi connectivity index (χ4n) is 2.48. The van der Waals surface area contributed by atoms with Gasteiger partial charge in [0, 0.05) is 18.0 Å². The Morgan fingerprint density at radius 1 is 1.00 bits per heavy atom. The van der Waals surface area contributed by atoms with Crippen LogP contribution >= 0.6 is 0 Å². The fourth-order valence-corrected chi connectivity index (χ4v) is 3.45. The second kappa shape index (κ2) is 6.57. The molecule has 3 rings (SSSR count). The first-order valence-electron chi connectivity index (χ1n) is 7.67. The minimum absolute atomic E-state index is 0.0561. The molecule has 128 valence electrons. The van der Waals surface area contributed by atoms with Crippen molar-refractivity contribution in [1.29, 1.82) is 0 Å². The average molecular weight is 355 g/mol. The van der Waals surface area contributed by atoms with Crippen LogP contribution in [-0.4, -0.2) is 14.3 Å². The van der Waals surface area contributed by atoms with Gasteiger partial charge in [-0.2, -0.15) is 8.42 Å². The zero-order valence-corrected chi connectivity index (χ0v) is 14.6. The van der Waals surface area contributed by atoms with Crippen LogP contribution in [0.3, 0.4) is 0 Å². The molecule has 0 radical (unpaired) electrons.